The van der Waals surface area contributed by atoms with E-state index in [1.165, 1.54) is 0 Å². The topological polar surface area (TPSA) is 112 Å². The number of amides is 4. The minimum Gasteiger partial charge on any atom is -0.480 e. The number of nitrogens with zero attached hydrogens (tertiary/aromatic N) is 2. The van der Waals surface area contributed by atoms with Crippen molar-refractivity contribution < 1.29 is 29.1 Å². The SMILES string of the molecule is O=C(O)C(S)C(S)(N1C(=O)CCC1=O)N1C(=O)CCC1=O. The fourth-order valence-electron chi connectivity index (χ4n) is 2.40. The van der Waals surface area contributed by atoms with Gasteiger partial charge in [0.15, 0.2) is 10.2 Å². The number of carboxylic acids is 1. The molecule has 2 heterocycles. The first kappa shape index (κ1) is 15.8. The standard InChI is InChI=1S/C11H12N2O6S2/c14-5-1-2-6(15)12(5)11(21,9(20)10(18)19)13-7(16)3-4-8(13)17/h9,20-21H,1-4H2,(H,18,19). The molecule has 2 rings (SSSR count). The van der Waals surface area contributed by atoms with Crippen LogP contribution in [0.2, 0.25) is 0 Å². The summed E-state index contributed by atoms with van der Waals surface area (Å²) in [4.78, 5) is 57.8. The highest BCUT2D eigenvalue weighted by Gasteiger charge is 2.59. The molecule has 1 N–H and O–H groups in total. The van der Waals surface area contributed by atoms with E-state index in [9.17, 15) is 24.0 Å². The summed E-state index contributed by atoms with van der Waals surface area (Å²) >= 11 is 7.94. The van der Waals surface area contributed by atoms with Crippen LogP contribution in [0, 0.1) is 0 Å². The molecular formula is C11H12N2O6S2. The maximum atomic E-state index is 11.9. The predicted octanol–water partition coefficient (Wildman–Crippen LogP) is -0.749. The Kier molecular flexibility index (Phi) is 4.02. The monoisotopic (exact) mass is 332 g/mol. The maximum Gasteiger partial charge on any atom is 0.321 e. The van der Waals surface area contributed by atoms with E-state index in [0.29, 0.717) is 9.80 Å². The van der Waals surface area contributed by atoms with E-state index in [2.05, 4.69) is 25.3 Å². The van der Waals surface area contributed by atoms with Gasteiger partial charge < -0.3 is 5.11 Å². The number of carboxylic acid groups (broad SMARTS) is 1. The van der Waals surface area contributed by atoms with E-state index >= 15 is 0 Å². The van der Waals surface area contributed by atoms with Crippen LogP contribution < -0.4 is 0 Å². The highest BCUT2D eigenvalue weighted by Crippen LogP contribution is 2.39. The van der Waals surface area contributed by atoms with Gasteiger partial charge in [0.05, 0.1) is 0 Å². The van der Waals surface area contributed by atoms with Gasteiger partial charge in [-0.1, -0.05) is 0 Å². The first-order valence-corrected chi connectivity index (χ1v) is 7.02. The van der Waals surface area contributed by atoms with Crippen molar-refractivity contribution in [2.75, 3.05) is 0 Å². The molecular weight excluding hydrogens is 320 g/mol. The summed E-state index contributed by atoms with van der Waals surface area (Å²) < 4.78 is 0. The Balaban J connectivity index is 2.56. The average molecular weight is 332 g/mol. The largest absolute Gasteiger partial charge is 0.480 e. The number of likely N-dealkylation sites (tertiary alicyclic amines) is 2. The van der Waals surface area contributed by atoms with Gasteiger partial charge in [-0.05, 0) is 0 Å². The van der Waals surface area contributed by atoms with Gasteiger partial charge in [0, 0.05) is 25.7 Å². The van der Waals surface area contributed by atoms with Crippen molar-refractivity contribution in [3.05, 3.63) is 0 Å². The number of imide groups is 2. The number of thiol groups is 2. The van der Waals surface area contributed by atoms with Crippen molar-refractivity contribution in [1.29, 1.82) is 0 Å². The van der Waals surface area contributed by atoms with Crippen LogP contribution in [0.25, 0.3) is 0 Å². The van der Waals surface area contributed by atoms with Crippen LogP contribution in [0.3, 0.4) is 0 Å². The molecule has 0 radical (unpaired) electrons. The Hall–Kier alpha value is -1.55. The lowest BCUT2D eigenvalue weighted by molar-refractivity contribution is -0.158. The summed E-state index contributed by atoms with van der Waals surface area (Å²) in [6.07, 6.45) is -0.510. The molecule has 21 heavy (non-hydrogen) atoms. The molecule has 2 aliphatic rings. The molecule has 114 valence electrons. The van der Waals surface area contributed by atoms with Crippen LogP contribution in [-0.2, 0) is 24.0 Å². The summed E-state index contributed by atoms with van der Waals surface area (Å²) in [6.45, 7) is 0. The van der Waals surface area contributed by atoms with Gasteiger partial charge in [0.2, 0.25) is 23.6 Å². The van der Waals surface area contributed by atoms with Crippen LogP contribution in [-0.4, -0.2) is 54.7 Å². The molecule has 0 saturated carbocycles. The molecule has 0 aromatic heterocycles. The van der Waals surface area contributed by atoms with Gasteiger partial charge >= 0.3 is 5.97 Å². The van der Waals surface area contributed by atoms with Crippen LogP contribution in [0.4, 0.5) is 0 Å². The van der Waals surface area contributed by atoms with Crippen molar-refractivity contribution in [2.24, 2.45) is 0 Å². The summed E-state index contributed by atoms with van der Waals surface area (Å²) in [7, 11) is 0. The molecule has 2 aliphatic heterocycles. The first-order chi connectivity index (χ1) is 9.71. The van der Waals surface area contributed by atoms with E-state index < -0.39 is 39.8 Å². The van der Waals surface area contributed by atoms with Crippen LogP contribution in [0.15, 0.2) is 0 Å². The molecule has 0 aliphatic carbocycles. The molecule has 1 unspecified atom stereocenters. The average Bonchev–Trinajstić information content (AvgIpc) is 2.91. The third-order valence-electron chi connectivity index (χ3n) is 3.36. The van der Waals surface area contributed by atoms with Crippen LogP contribution in [0.1, 0.15) is 25.7 Å². The number of hydrogen-bond donors (Lipinski definition) is 3. The lowest BCUT2D eigenvalue weighted by atomic mass is 10.2. The quantitative estimate of drug-likeness (QED) is 0.461. The molecule has 2 saturated heterocycles. The molecule has 0 bridgehead atoms. The number of carbonyl (C=O) groups is 5. The molecule has 4 amide bonds. The summed E-state index contributed by atoms with van der Waals surface area (Å²) in [5.41, 5.74) is 0. The highest BCUT2D eigenvalue weighted by molar-refractivity contribution is 7.86. The van der Waals surface area contributed by atoms with Crippen molar-refractivity contribution >= 4 is 54.9 Å². The minimum absolute atomic E-state index is 0.127. The zero-order valence-corrected chi connectivity index (χ0v) is 12.5. The summed E-state index contributed by atoms with van der Waals surface area (Å²) in [6, 6.07) is 0. The Morgan fingerprint density at radius 3 is 1.48 bits per heavy atom. The summed E-state index contributed by atoms with van der Waals surface area (Å²) in [5.74, 6) is -4.27. The van der Waals surface area contributed by atoms with E-state index in [0.717, 1.165) is 0 Å². The Morgan fingerprint density at radius 1 is 0.952 bits per heavy atom. The lowest BCUT2D eigenvalue weighted by Crippen LogP contribution is -2.66. The molecule has 2 fully saturated rings. The number of aliphatic carboxylic acids is 1. The van der Waals surface area contributed by atoms with Gasteiger partial charge in [-0.2, -0.15) is 12.6 Å². The van der Waals surface area contributed by atoms with Gasteiger partial charge in [-0.3, -0.25) is 24.0 Å². The van der Waals surface area contributed by atoms with Crippen molar-refractivity contribution in [1.82, 2.24) is 9.80 Å². The first-order valence-electron chi connectivity index (χ1n) is 6.06. The van der Waals surface area contributed by atoms with Gasteiger partial charge in [0.1, 0.15) is 0 Å². The van der Waals surface area contributed by atoms with Crippen molar-refractivity contribution in [3.63, 3.8) is 0 Å². The van der Waals surface area contributed by atoms with Crippen molar-refractivity contribution in [2.45, 2.75) is 35.9 Å². The molecule has 0 spiro atoms. The lowest BCUT2D eigenvalue weighted by Gasteiger charge is -2.43. The van der Waals surface area contributed by atoms with Crippen molar-refractivity contribution in [3.8, 4) is 0 Å². The number of rotatable bonds is 4. The zero-order chi connectivity index (χ0) is 15.9. The highest BCUT2D eigenvalue weighted by atomic mass is 32.1. The minimum atomic E-state index is -2.25. The fraction of sp³-hybridized carbons (Fsp3) is 0.545. The van der Waals surface area contributed by atoms with E-state index in [1.54, 1.807) is 0 Å². The van der Waals surface area contributed by atoms with Gasteiger partial charge in [-0.15, -0.1) is 12.6 Å². The molecule has 1 atom stereocenters. The zero-order valence-electron chi connectivity index (χ0n) is 10.7. The third kappa shape index (κ3) is 2.31. The second-order valence-corrected chi connectivity index (χ2v) is 5.85. The van der Waals surface area contributed by atoms with E-state index in [1.807, 2.05) is 0 Å². The second kappa shape index (κ2) is 5.34. The van der Waals surface area contributed by atoms with E-state index in [4.69, 9.17) is 5.11 Å². The Labute approximate surface area is 130 Å². The smallest absolute Gasteiger partial charge is 0.321 e. The maximum absolute atomic E-state index is 11.9. The predicted molar refractivity (Wildman–Crippen MR) is 74.3 cm³/mol. The Bertz CT molecular complexity index is 495. The molecule has 8 nitrogen and oxygen atoms in total. The Morgan fingerprint density at radius 2 is 1.24 bits per heavy atom. The third-order valence-corrected chi connectivity index (χ3v) is 4.80. The van der Waals surface area contributed by atoms with Gasteiger partial charge in [-0.25, -0.2) is 9.80 Å². The fourth-order valence-corrected chi connectivity index (χ4v) is 3.18. The molecule has 0 aromatic carbocycles. The number of hydrogen-bond acceptors (Lipinski definition) is 7. The summed E-state index contributed by atoms with van der Waals surface area (Å²) in [5, 5.41) is 7.44. The van der Waals surface area contributed by atoms with E-state index in [-0.39, 0.29) is 25.7 Å². The second-order valence-electron chi connectivity index (χ2n) is 4.67. The van der Waals surface area contributed by atoms with Crippen LogP contribution >= 0.6 is 25.3 Å². The van der Waals surface area contributed by atoms with Crippen LogP contribution in [0.5, 0.6) is 0 Å². The molecule has 0 aromatic rings. The molecule has 10 heteroatoms. The number of carbonyl (C=O) groups excluding carboxylic acids is 4. The van der Waals surface area contributed by atoms with Gasteiger partial charge in [0.25, 0.3) is 0 Å². The normalized spacial score (nSPS) is 21.4.